The minimum atomic E-state index is 0.317. The van der Waals surface area contributed by atoms with E-state index in [1.807, 2.05) is 19.9 Å². The summed E-state index contributed by atoms with van der Waals surface area (Å²) < 4.78 is 5.74. The van der Waals surface area contributed by atoms with Crippen LogP contribution in [0.2, 0.25) is 0 Å². The van der Waals surface area contributed by atoms with Gasteiger partial charge in [-0.05, 0) is 20.3 Å². The number of aromatic amines is 1. The standard InChI is InChI=1S/C10H17N3O.C2H6/c1-8(2)13-6-4-9(7-13)14-10-3-5-11-12-10;1-2/h3,5,8-9H,4,6-7H2,1-2H3,(H,11,12);1-2H3. The number of ether oxygens (including phenoxy) is 1. The lowest BCUT2D eigenvalue weighted by Crippen LogP contribution is -2.30. The Morgan fingerprint density at radius 1 is 1.50 bits per heavy atom. The molecule has 1 unspecified atom stereocenters. The van der Waals surface area contributed by atoms with Gasteiger partial charge in [0.15, 0.2) is 0 Å². The highest BCUT2D eigenvalue weighted by atomic mass is 16.5. The molecule has 1 saturated heterocycles. The van der Waals surface area contributed by atoms with Gasteiger partial charge in [-0.25, -0.2) is 5.10 Å². The molecule has 0 saturated carbocycles. The van der Waals surface area contributed by atoms with Gasteiger partial charge >= 0.3 is 0 Å². The van der Waals surface area contributed by atoms with Crippen molar-refractivity contribution in [3.8, 4) is 5.88 Å². The maximum atomic E-state index is 5.74. The highest BCUT2D eigenvalue weighted by Gasteiger charge is 2.25. The predicted octanol–water partition coefficient (Wildman–Crippen LogP) is 2.30. The fraction of sp³-hybridized carbons (Fsp3) is 0.750. The average molecular weight is 225 g/mol. The summed E-state index contributed by atoms with van der Waals surface area (Å²) in [6.07, 6.45) is 3.14. The minimum Gasteiger partial charge on any atom is -0.473 e. The largest absolute Gasteiger partial charge is 0.473 e. The third-order valence-corrected chi connectivity index (χ3v) is 2.68. The normalized spacial score (nSPS) is 20.7. The highest BCUT2D eigenvalue weighted by molar-refractivity contribution is 5.05. The van der Waals surface area contributed by atoms with E-state index in [9.17, 15) is 0 Å². The number of nitrogens with one attached hydrogen (secondary N) is 1. The van der Waals surface area contributed by atoms with E-state index in [4.69, 9.17) is 4.74 Å². The minimum absolute atomic E-state index is 0.317. The van der Waals surface area contributed by atoms with E-state index in [0.717, 1.165) is 25.4 Å². The molecule has 0 spiro atoms. The molecule has 4 heteroatoms. The van der Waals surface area contributed by atoms with Crippen molar-refractivity contribution in [2.75, 3.05) is 13.1 Å². The lowest BCUT2D eigenvalue weighted by atomic mass is 10.3. The summed E-state index contributed by atoms with van der Waals surface area (Å²) in [4.78, 5) is 2.43. The van der Waals surface area contributed by atoms with Gasteiger partial charge < -0.3 is 4.74 Å². The lowest BCUT2D eigenvalue weighted by molar-refractivity contribution is 0.181. The summed E-state index contributed by atoms with van der Waals surface area (Å²) in [5.74, 6) is 0.778. The molecule has 2 heterocycles. The van der Waals surface area contributed by atoms with Gasteiger partial charge in [-0.1, -0.05) is 13.8 Å². The van der Waals surface area contributed by atoms with E-state index < -0.39 is 0 Å². The zero-order chi connectivity index (χ0) is 12.0. The molecule has 0 radical (unpaired) electrons. The lowest BCUT2D eigenvalue weighted by Gasteiger charge is -2.19. The summed E-state index contributed by atoms with van der Waals surface area (Å²) in [6.45, 7) is 10.6. The third kappa shape index (κ3) is 3.52. The monoisotopic (exact) mass is 225 g/mol. The molecule has 1 aromatic heterocycles. The number of rotatable bonds is 3. The molecule has 1 aliphatic rings. The third-order valence-electron chi connectivity index (χ3n) is 2.68. The Labute approximate surface area is 98.0 Å². The molecule has 0 aromatic carbocycles. The van der Waals surface area contributed by atoms with Gasteiger partial charge in [0, 0.05) is 25.2 Å². The zero-order valence-electron chi connectivity index (χ0n) is 10.7. The van der Waals surface area contributed by atoms with Crippen LogP contribution in [0.1, 0.15) is 34.1 Å². The molecular weight excluding hydrogens is 202 g/mol. The molecule has 4 nitrogen and oxygen atoms in total. The molecule has 92 valence electrons. The van der Waals surface area contributed by atoms with Gasteiger partial charge in [0.25, 0.3) is 0 Å². The van der Waals surface area contributed by atoms with Gasteiger partial charge in [-0.2, -0.15) is 5.10 Å². The van der Waals surface area contributed by atoms with Crippen molar-refractivity contribution >= 4 is 0 Å². The summed E-state index contributed by atoms with van der Waals surface area (Å²) >= 11 is 0. The number of likely N-dealkylation sites (tertiary alicyclic amines) is 1. The molecule has 0 aliphatic carbocycles. The number of hydrogen-bond donors (Lipinski definition) is 1. The van der Waals surface area contributed by atoms with Gasteiger partial charge in [-0.15, -0.1) is 0 Å². The van der Waals surface area contributed by atoms with Gasteiger partial charge in [-0.3, -0.25) is 4.90 Å². The molecule has 16 heavy (non-hydrogen) atoms. The maximum absolute atomic E-state index is 5.74. The number of H-pyrrole nitrogens is 1. The van der Waals surface area contributed by atoms with Crippen LogP contribution < -0.4 is 4.74 Å². The number of nitrogens with zero attached hydrogens (tertiary/aromatic N) is 2. The second-order valence-corrected chi connectivity index (χ2v) is 4.04. The van der Waals surface area contributed by atoms with Crippen LogP contribution in [-0.4, -0.2) is 40.3 Å². The molecule has 0 bridgehead atoms. The summed E-state index contributed by atoms with van der Waals surface area (Å²) in [7, 11) is 0. The van der Waals surface area contributed by atoms with Gasteiger partial charge in [0.1, 0.15) is 6.10 Å². The van der Waals surface area contributed by atoms with E-state index in [-0.39, 0.29) is 0 Å². The van der Waals surface area contributed by atoms with Gasteiger partial charge in [0.2, 0.25) is 5.88 Å². The molecule has 0 amide bonds. The van der Waals surface area contributed by atoms with E-state index in [1.165, 1.54) is 0 Å². The molecule has 1 aromatic rings. The summed E-state index contributed by atoms with van der Waals surface area (Å²) in [6, 6.07) is 2.48. The van der Waals surface area contributed by atoms with Crippen LogP contribution >= 0.6 is 0 Å². The molecule has 2 rings (SSSR count). The Balaban J connectivity index is 0.000000606. The Hall–Kier alpha value is -1.03. The second kappa shape index (κ2) is 6.53. The van der Waals surface area contributed by atoms with Crippen LogP contribution in [0.5, 0.6) is 5.88 Å². The molecule has 1 N–H and O–H groups in total. The van der Waals surface area contributed by atoms with Gasteiger partial charge in [0.05, 0.1) is 6.20 Å². The van der Waals surface area contributed by atoms with Crippen molar-refractivity contribution < 1.29 is 4.74 Å². The molecule has 1 aliphatic heterocycles. The van der Waals surface area contributed by atoms with E-state index in [0.29, 0.717) is 12.1 Å². The van der Waals surface area contributed by atoms with Crippen LogP contribution in [0.25, 0.3) is 0 Å². The fourth-order valence-electron chi connectivity index (χ4n) is 1.81. The van der Waals surface area contributed by atoms with Crippen LogP contribution in [0.15, 0.2) is 12.3 Å². The first kappa shape index (κ1) is 13.0. The Kier molecular flexibility index (Phi) is 5.32. The van der Waals surface area contributed by atoms with E-state index in [2.05, 4.69) is 28.9 Å². The van der Waals surface area contributed by atoms with Crippen LogP contribution in [0.4, 0.5) is 0 Å². The highest BCUT2D eigenvalue weighted by Crippen LogP contribution is 2.17. The smallest absolute Gasteiger partial charge is 0.209 e. The topological polar surface area (TPSA) is 41.1 Å². The zero-order valence-corrected chi connectivity index (χ0v) is 10.7. The Morgan fingerprint density at radius 3 is 2.75 bits per heavy atom. The first-order chi connectivity index (χ1) is 7.75. The fourth-order valence-corrected chi connectivity index (χ4v) is 1.81. The second-order valence-electron chi connectivity index (χ2n) is 4.04. The summed E-state index contributed by atoms with van der Waals surface area (Å²) in [5.41, 5.74) is 0. The molecule has 1 atom stereocenters. The Bertz CT molecular complexity index is 272. The quantitative estimate of drug-likeness (QED) is 0.858. The van der Waals surface area contributed by atoms with Crippen LogP contribution in [0.3, 0.4) is 0 Å². The molecule has 1 fully saturated rings. The van der Waals surface area contributed by atoms with Crippen molar-refractivity contribution in [2.45, 2.75) is 46.3 Å². The van der Waals surface area contributed by atoms with Crippen LogP contribution in [0, 0.1) is 0 Å². The van der Waals surface area contributed by atoms with Crippen molar-refractivity contribution in [3.63, 3.8) is 0 Å². The first-order valence-electron chi connectivity index (χ1n) is 6.16. The van der Waals surface area contributed by atoms with Crippen molar-refractivity contribution in [1.29, 1.82) is 0 Å². The maximum Gasteiger partial charge on any atom is 0.209 e. The SMILES string of the molecule is CC.CC(C)N1CCC(Oc2ccn[nH]2)C1. The number of aromatic nitrogens is 2. The predicted molar refractivity (Wildman–Crippen MR) is 65.7 cm³/mol. The first-order valence-corrected chi connectivity index (χ1v) is 6.16. The van der Waals surface area contributed by atoms with Crippen molar-refractivity contribution in [3.05, 3.63) is 12.3 Å². The number of hydrogen-bond acceptors (Lipinski definition) is 3. The van der Waals surface area contributed by atoms with Crippen molar-refractivity contribution in [1.82, 2.24) is 15.1 Å². The van der Waals surface area contributed by atoms with E-state index >= 15 is 0 Å². The van der Waals surface area contributed by atoms with Crippen LogP contribution in [-0.2, 0) is 0 Å². The average Bonchev–Trinajstić information content (AvgIpc) is 2.92. The Morgan fingerprint density at radius 2 is 2.25 bits per heavy atom. The summed E-state index contributed by atoms with van der Waals surface area (Å²) in [5, 5.41) is 6.67. The molecular formula is C12H23N3O. The van der Waals surface area contributed by atoms with E-state index in [1.54, 1.807) is 6.20 Å². The van der Waals surface area contributed by atoms with Crippen molar-refractivity contribution in [2.24, 2.45) is 0 Å².